The number of ether oxygens (including phenoxy) is 2. The summed E-state index contributed by atoms with van der Waals surface area (Å²) in [6, 6.07) is 4.69. The van der Waals surface area contributed by atoms with E-state index in [1.165, 1.54) is 19.1 Å². The standard InChI is InChI=1S/C18H12F6N2O4/c1-9(27)28-7-10-5-11(30-26-10)8-29-14-6-15(18(22,23)24)25-16-12(14)3-2-4-13(16)17(19,20)21/h2-6H,7-8H2,1H3. The van der Waals surface area contributed by atoms with Gasteiger partial charge >= 0.3 is 18.3 Å². The third-order valence-corrected chi connectivity index (χ3v) is 3.80. The molecule has 0 radical (unpaired) electrons. The Morgan fingerprint density at radius 3 is 2.43 bits per heavy atom. The smallest absolute Gasteiger partial charge is 0.433 e. The lowest BCUT2D eigenvalue weighted by molar-refractivity contribution is -0.142. The first-order valence-corrected chi connectivity index (χ1v) is 8.24. The fourth-order valence-corrected chi connectivity index (χ4v) is 2.53. The van der Waals surface area contributed by atoms with E-state index >= 15 is 0 Å². The van der Waals surface area contributed by atoms with Gasteiger partial charge in [-0.15, -0.1) is 0 Å². The Bertz CT molecular complexity index is 1070. The molecule has 12 heteroatoms. The van der Waals surface area contributed by atoms with Gasteiger partial charge in [0.1, 0.15) is 30.4 Å². The second-order valence-electron chi connectivity index (χ2n) is 6.06. The zero-order chi connectivity index (χ0) is 22.1. The molecule has 0 N–H and O–H groups in total. The van der Waals surface area contributed by atoms with E-state index in [-0.39, 0.29) is 23.4 Å². The van der Waals surface area contributed by atoms with Crippen molar-refractivity contribution in [2.45, 2.75) is 32.5 Å². The molecule has 0 bridgehead atoms. The summed E-state index contributed by atoms with van der Waals surface area (Å²) in [5.41, 5.74) is -3.52. The highest BCUT2D eigenvalue weighted by Crippen LogP contribution is 2.40. The van der Waals surface area contributed by atoms with E-state index in [1.807, 2.05) is 0 Å². The van der Waals surface area contributed by atoms with E-state index in [9.17, 15) is 31.1 Å². The van der Waals surface area contributed by atoms with Crippen molar-refractivity contribution in [3.05, 3.63) is 53.0 Å². The normalized spacial score (nSPS) is 12.2. The van der Waals surface area contributed by atoms with Crippen LogP contribution < -0.4 is 4.74 Å². The van der Waals surface area contributed by atoms with Gasteiger partial charge in [0.15, 0.2) is 5.76 Å². The largest absolute Gasteiger partial charge is 0.485 e. The Hall–Kier alpha value is -3.31. The lowest BCUT2D eigenvalue weighted by Crippen LogP contribution is -2.12. The molecule has 3 aromatic rings. The van der Waals surface area contributed by atoms with Crippen LogP contribution in [-0.4, -0.2) is 16.1 Å². The molecule has 0 saturated carbocycles. The number of alkyl halides is 6. The number of aromatic nitrogens is 2. The van der Waals surface area contributed by atoms with Crippen LogP contribution >= 0.6 is 0 Å². The maximum atomic E-state index is 13.2. The number of hydrogen-bond donors (Lipinski definition) is 0. The van der Waals surface area contributed by atoms with Crippen molar-refractivity contribution in [3.8, 4) is 5.75 Å². The highest BCUT2D eigenvalue weighted by atomic mass is 19.4. The van der Waals surface area contributed by atoms with E-state index in [0.29, 0.717) is 12.1 Å². The van der Waals surface area contributed by atoms with E-state index in [4.69, 9.17) is 14.0 Å². The van der Waals surface area contributed by atoms with Crippen LogP contribution in [0, 0.1) is 0 Å². The van der Waals surface area contributed by atoms with Gasteiger partial charge in [0.2, 0.25) is 0 Å². The molecule has 0 saturated heterocycles. The van der Waals surface area contributed by atoms with Gasteiger partial charge in [0.05, 0.1) is 11.1 Å². The van der Waals surface area contributed by atoms with Crippen LogP contribution in [0.3, 0.4) is 0 Å². The second kappa shape index (κ2) is 7.84. The first kappa shape index (κ1) is 21.4. The van der Waals surface area contributed by atoms with Crippen LogP contribution in [-0.2, 0) is 35.1 Å². The van der Waals surface area contributed by atoms with E-state index in [0.717, 1.165) is 6.07 Å². The minimum absolute atomic E-state index is 0.0580. The van der Waals surface area contributed by atoms with Crippen LogP contribution in [0.15, 0.2) is 34.9 Å². The minimum Gasteiger partial charge on any atom is -0.485 e. The zero-order valence-electron chi connectivity index (χ0n) is 15.1. The summed E-state index contributed by atoms with van der Waals surface area (Å²) in [5.74, 6) is -0.960. The molecule has 0 aliphatic heterocycles. The molecule has 0 amide bonds. The van der Waals surface area contributed by atoms with Crippen molar-refractivity contribution < 1.29 is 45.1 Å². The number of benzene rings is 1. The lowest BCUT2D eigenvalue weighted by atomic mass is 10.1. The number of pyridine rings is 1. The summed E-state index contributed by atoms with van der Waals surface area (Å²) in [7, 11) is 0. The first-order chi connectivity index (χ1) is 13.9. The second-order valence-corrected chi connectivity index (χ2v) is 6.06. The zero-order valence-corrected chi connectivity index (χ0v) is 15.1. The lowest BCUT2D eigenvalue weighted by Gasteiger charge is -2.15. The molecule has 0 fully saturated rings. The molecule has 0 unspecified atom stereocenters. The number of hydrogen-bond acceptors (Lipinski definition) is 6. The summed E-state index contributed by atoms with van der Waals surface area (Å²) in [4.78, 5) is 14.0. The fraction of sp³-hybridized carbons (Fsp3) is 0.278. The molecule has 1 aromatic carbocycles. The molecule has 2 heterocycles. The van der Waals surface area contributed by atoms with Crippen molar-refractivity contribution in [3.63, 3.8) is 0 Å². The molecule has 0 spiro atoms. The van der Waals surface area contributed by atoms with Crippen LogP contribution in [0.25, 0.3) is 10.9 Å². The van der Waals surface area contributed by atoms with Gasteiger partial charge in [-0.2, -0.15) is 26.3 Å². The van der Waals surface area contributed by atoms with E-state index < -0.39 is 47.5 Å². The summed E-state index contributed by atoms with van der Waals surface area (Å²) in [6.07, 6.45) is -9.90. The third kappa shape index (κ3) is 4.81. The highest BCUT2D eigenvalue weighted by Gasteiger charge is 2.37. The Morgan fingerprint density at radius 2 is 1.80 bits per heavy atom. The summed E-state index contributed by atoms with van der Waals surface area (Å²) in [5, 5.41) is 3.34. The molecule has 6 nitrogen and oxygen atoms in total. The van der Waals surface area contributed by atoms with Gasteiger partial charge in [-0.1, -0.05) is 11.2 Å². The van der Waals surface area contributed by atoms with Gasteiger partial charge in [0, 0.05) is 24.4 Å². The summed E-state index contributed by atoms with van der Waals surface area (Å²) in [6.45, 7) is 0.565. The number of carbonyl (C=O) groups excluding carboxylic acids is 1. The average Bonchev–Trinajstić information content (AvgIpc) is 3.10. The van der Waals surface area contributed by atoms with E-state index in [1.54, 1.807) is 0 Å². The summed E-state index contributed by atoms with van der Waals surface area (Å²) < 4.78 is 94.2. The first-order valence-electron chi connectivity index (χ1n) is 8.24. The van der Waals surface area contributed by atoms with Crippen molar-refractivity contribution in [1.82, 2.24) is 10.1 Å². The SMILES string of the molecule is CC(=O)OCc1cc(COc2cc(C(F)(F)F)nc3c(C(F)(F)F)cccc23)on1. The fourth-order valence-electron chi connectivity index (χ4n) is 2.53. The average molecular weight is 434 g/mol. The van der Waals surface area contributed by atoms with Gasteiger partial charge in [-0.25, -0.2) is 4.98 Å². The van der Waals surface area contributed by atoms with Crippen LogP contribution in [0.5, 0.6) is 5.75 Å². The van der Waals surface area contributed by atoms with Crippen molar-refractivity contribution in [2.75, 3.05) is 0 Å². The predicted octanol–water partition coefficient (Wildman–Crippen LogP) is 4.90. The van der Waals surface area contributed by atoms with Gasteiger partial charge in [-0.3, -0.25) is 4.79 Å². The third-order valence-electron chi connectivity index (χ3n) is 3.80. The molecule has 2 aromatic heterocycles. The van der Waals surface area contributed by atoms with Crippen molar-refractivity contribution >= 4 is 16.9 Å². The van der Waals surface area contributed by atoms with Crippen LogP contribution in [0.2, 0.25) is 0 Å². The quantitative estimate of drug-likeness (QED) is 0.420. The number of halogens is 6. The van der Waals surface area contributed by atoms with Gasteiger partial charge < -0.3 is 14.0 Å². The molecule has 30 heavy (non-hydrogen) atoms. The number of carbonyl (C=O) groups is 1. The Labute approximate surface area is 164 Å². The molecular weight excluding hydrogens is 422 g/mol. The number of esters is 1. The Kier molecular flexibility index (Phi) is 5.59. The number of fused-ring (bicyclic) bond motifs is 1. The molecular formula is C18H12F6N2O4. The molecule has 160 valence electrons. The number of nitrogens with zero attached hydrogens (tertiary/aromatic N) is 2. The van der Waals surface area contributed by atoms with E-state index in [2.05, 4.69) is 10.1 Å². The molecule has 3 rings (SSSR count). The van der Waals surface area contributed by atoms with Crippen molar-refractivity contribution in [2.24, 2.45) is 0 Å². The minimum atomic E-state index is -4.99. The van der Waals surface area contributed by atoms with Crippen LogP contribution in [0.1, 0.15) is 29.6 Å². The maximum Gasteiger partial charge on any atom is 0.433 e. The maximum absolute atomic E-state index is 13.2. The highest BCUT2D eigenvalue weighted by molar-refractivity contribution is 5.88. The number of rotatable bonds is 5. The summed E-state index contributed by atoms with van der Waals surface area (Å²) >= 11 is 0. The molecule has 0 atom stereocenters. The molecule has 0 aliphatic carbocycles. The molecule has 0 aliphatic rings. The number of para-hydroxylation sites is 1. The monoisotopic (exact) mass is 434 g/mol. The Morgan fingerprint density at radius 1 is 1.07 bits per heavy atom. The predicted molar refractivity (Wildman–Crippen MR) is 88.1 cm³/mol. The Balaban J connectivity index is 1.96. The van der Waals surface area contributed by atoms with Crippen molar-refractivity contribution in [1.29, 1.82) is 0 Å². The van der Waals surface area contributed by atoms with Gasteiger partial charge in [-0.05, 0) is 12.1 Å². The van der Waals surface area contributed by atoms with Crippen LogP contribution in [0.4, 0.5) is 26.3 Å². The van der Waals surface area contributed by atoms with Gasteiger partial charge in [0.25, 0.3) is 0 Å². The topological polar surface area (TPSA) is 74.5 Å².